The van der Waals surface area contributed by atoms with Gasteiger partial charge in [-0.3, -0.25) is 14.7 Å². The average Bonchev–Trinajstić information content (AvgIpc) is 3.23. The van der Waals surface area contributed by atoms with E-state index in [4.69, 9.17) is 13.8 Å². The monoisotopic (exact) mass is 434 g/mol. The quantitative estimate of drug-likeness (QED) is 0.302. The fourth-order valence-electron chi connectivity index (χ4n) is 4.48. The molecule has 0 saturated carbocycles. The Kier molecular flexibility index (Phi) is 5.53. The number of ether oxygens (including phenoxy) is 1. The van der Waals surface area contributed by atoms with Crippen molar-refractivity contribution in [2.24, 2.45) is 0 Å². The minimum atomic E-state index is -3.78. The van der Waals surface area contributed by atoms with Gasteiger partial charge in [0, 0.05) is 29.6 Å². The zero-order chi connectivity index (χ0) is 21.5. The highest BCUT2D eigenvalue weighted by Crippen LogP contribution is 2.67. The van der Waals surface area contributed by atoms with Crippen LogP contribution in [-0.2, 0) is 23.1 Å². The Morgan fingerprint density at radius 2 is 1.97 bits per heavy atom. The van der Waals surface area contributed by atoms with Crippen LogP contribution < -0.4 is 0 Å². The van der Waals surface area contributed by atoms with Crippen molar-refractivity contribution >= 4 is 19.3 Å². The Balaban J connectivity index is 2.02. The summed E-state index contributed by atoms with van der Waals surface area (Å²) in [7, 11) is -2.51. The van der Waals surface area contributed by atoms with E-state index < -0.39 is 24.4 Å². The Labute approximate surface area is 174 Å². The molecule has 0 N–H and O–H groups in total. The Bertz CT molecular complexity index is 1010. The highest BCUT2D eigenvalue weighted by atomic mass is 31.2. The normalized spacial score (nSPS) is 23.4. The van der Waals surface area contributed by atoms with E-state index in [9.17, 15) is 19.5 Å². The number of nitro benzene ring substituents is 1. The lowest BCUT2D eigenvalue weighted by molar-refractivity contribution is -0.385. The first-order valence-corrected chi connectivity index (χ1v) is 11.4. The molecule has 1 atom stereocenters. The van der Waals surface area contributed by atoms with Crippen LogP contribution in [0.4, 0.5) is 5.69 Å². The van der Waals surface area contributed by atoms with E-state index in [2.05, 4.69) is 0 Å². The molecule has 1 aromatic carbocycles. The highest BCUT2D eigenvalue weighted by Gasteiger charge is 2.50. The molecule has 9 nitrogen and oxygen atoms in total. The van der Waals surface area contributed by atoms with Crippen LogP contribution >= 0.6 is 7.60 Å². The van der Waals surface area contributed by atoms with E-state index in [1.807, 2.05) is 4.90 Å². The molecule has 4 rings (SSSR count). The Morgan fingerprint density at radius 1 is 1.27 bits per heavy atom. The topological polar surface area (TPSA) is 108 Å². The van der Waals surface area contributed by atoms with E-state index in [1.165, 1.54) is 13.2 Å². The number of carbonyl (C=O) groups excluding carboxylic acids is 1. The van der Waals surface area contributed by atoms with Crippen LogP contribution in [0.5, 0.6) is 0 Å². The second kappa shape index (κ2) is 7.98. The van der Waals surface area contributed by atoms with Crippen LogP contribution in [-0.4, -0.2) is 42.7 Å². The van der Waals surface area contributed by atoms with Gasteiger partial charge in [-0.25, -0.2) is 4.79 Å². The van der Waals surface area contributed by atoms with Gasteiger partial charge in [-0.05, 0) is 26.2 Å². The maximum atomic E-state index is 13.8. The zero-order valence-corrected chi connectivity index (χ0v) is 17.7. The van der Waals surface area contributed by atoms with Crippen molar-refractivity contribution in [2.45, 2.75) is 32.1 Å². The number of allylic oxidation sites excluding steroid dienone is 3. The minimum absolute atomic E-state index is 0.162. The van der Waals surface area contributed by atoms with Crippen molar-refractivity contribution in [1.82, 2.24) is 4.90 Å². The van der Waals surface area contributed by atoms with Gasteiger partial charge in [0.1, 0.15) is 0 Å². The van der Waals surface area contributed by atoms with Gasteiger partial charge in [0.2, 0.25) is 0 Å². The van der Waals surface area contributed by atoms with E-state index in [0.29, 0.717) is 25.1 Å². The Morgan fingerprint density at radius 3 is 2.63 bits per heavy atom. The molecule has 1 unspecified atom stereocenters. The molecule has 10 heteroatoms. The van der Waals surface area contributed by atoms with Gasteiger partial charge in [0.05, 0.1) is 42.1 Å². The summed E-state index contributed by atoms with van der Waals surface area (Å²) in [4.78, 5) is 26.2. The standard InChI is InChI=1S/C20H23N2O7P/c1-13-19(30(26)28-11-6-12-29-30)17(14-7-3-4-8-15(14)22(24)25)18(20(23)27-2)16-9-5-10-21(13)16/h3-4,7-8,17H,5-6,9-12H2,1-2H3. The molecule has 0 aliphatic carbocycles. The van der Waals surface area contributed by atoms with Gasteiger partial charge in [0.15, 0.2) is 0 Å². The molecule has 3 heterocycles. The molecule has 3 aliphatic rings. The van der Waals surface area contributed by atoms with Crippen LogP contribution in [0.15, 0.2) is 46.5 Å². The minimum Gasteiger partial charge on any atom is -0.466 e. The van der Waals surface area contributed by atoms with E-state index >= 15 is 0 Å². The first-order chi connectivity index (χ1) is 14.4. The number of nitro groups is 1. The summed E-state index contributed by atoms with van der Waals surface area (Å²) in [5.74, 6) is -1.55. The third-order valence-corrected chi connectivity index (χ3v) is 7.94. The molecule has 30 heavy (non-hydrogen) atoms. The summed E-state index contributed by atoms with van der Waals surface area (Å²) in [6, 6.07) is 6.18. The lowest BCUT2D eigenvalue weighted by atomic mass is 9.84. The van der Waals surface area contributed by atoms with Crippen LogP contribution in [0.25, 0.3) is 0 Å². The molecule has 2 saturated heterocycles. The van der Waals surface area contributed by atoms with Gasteiger partial charge < -0.3 is 18.7 Å². The molecule has 160 valence electrons. The third kappa shape index (κ3) is 3.27. The molecule has 0 aromatic heterocycles. The fraction of sp³-hybridized carbons (Fsp3) is 0.450. The lowest BCUT2D eigenvalue weighted by Crippen LogP contribution is -2.31. The second-order valence-electron chi connectivity index (χ2n) is 7.34. The summed E-state index contributed by atoms with van der Waals surface area (Å²) in [6.45, 7) is 2.95. The lowest BCUT2D eigenvalue weighted by Gasteiger charge is -2.39. The van der Waals surface area contributed by atoms with Crippen molar-refractivity contribution in [2.75, 3.05) is 26.9 Å². The zero-order valence-electron chi connectivity index (χ0n) is 16.8. The average molecular weight is 434 g/mol. The van der Waals surface area contributed by atoms with Gasteiger partial charge in [-0.1, -0.05) is 18.2 Å². The van der Waals surface area contributed by atoms with Crippen LogP contribution in [0.1, 0.15) is 37.7 Å². The summed E-state index contributed by atoms with van der Waals surface area (Å²) < 4.78 is 30.2. The molecule has 3 aliphatic heterocycles. The number of methoxy groups -OCH3 is 1. The predicted molar refractivity (Wildman–Crippen MR) is 108 cm³/mol. The summed E-state index contributed by atoms with van der Waals surface area (Å²) in [5.41, 5.74) is 1.77. The maximum Gasteiger partial charge on any atom is 0.360 e. The highest BCUT2D eigenvalue weighted by molar-refractivity contribution is 7.58. The smallest absolute Gasteiger partial charge is 0.360 e. The first kappa shape index (κ1) is 20.8. The van der Waals surface area contributed by atoms with E-state index in [-0.39, 0.29) is 35.4 Å². The van der Waals surface area contributed by atoms with Crippen molar-refractivity contribution in [3.8, 4) is 0 Å². The number of benzene rings is 1. The van der Waals surface area contributed by atoms with E-state index in [1.54, 1.807) is 25.1 Å². The maximum absolute atomic E-state index is 13.8. The second-order valence-corrected chi connectivity index (χ2v) is 9.34. The van der Waals surface area contributed by atoms with Crippen LogP contribution in [0, 0.1) is 10.1 Å². The molecule has 1 aromatic rings. The molecule has 0 radical (unpaired) electrons. The number of hydrogen-bond acceptors (Lipinski definition) is 8. The van der Waals surface area contributed by atoms with E-state index in [0.717, 1.165) is 12.1 Å². The Hall–Kier alpha value is -2.48. The van der Waals surface area contributed by atoms with Gasteiger partial charge in [0.25, 0.3) is 5.69 Å². The van der Waals surface area contributed by atoms with Gasteiger partial charge >= 0.3 is 13.6 Å². The van der Waals surface area contributed by atoms with Gasteiger partial charge in [-0.2, -0.15) is 0 Å². The molecular formula is C20H23N2O7P. The molecule has 0 bridgehead atoms. The van der Waals surface area contributed by atoms with Gasteiger partial charge in [-0.15, -0.1) is 0 Å². The van der Waals surface area contributed by atoms with Crippen molar-refractivity contribution in [3.05, 3.63) is 62.2 Å². The van der Waals surface area contributed by atoms with Crippen LogP contribution in [0.3, 0.4) is 0 Å². The number of para-hydroxylation sites is 1. The summed E-state index contributed by atoms with van der Waals surface area (Å²) in [6.07, 6.45) is 2.02. The third-order valence-electron chi connectivity index (χ3n) is 5.73. The predicted octanol–water partition coefficient (Wildman–Crippen LogP) is 4.08. The summed E-state index contributed by atoms with van der Waals surface area (Å²) in [5, 5.41) is 12.1. The number of nitrogens with zero attached hydrogens (tertiary/aromatic N) is 2. The van der Waals surface area contributed by atoms with Crippen molar-refractivity contribution in [3.63, 3.8) is 0 Å². The summed E-state index contributed by atoms with van der Waals surface area (Å²) >= 11 is 0. The number of rotatable bonds is 4. The fourth-order valence-corrected chi connectivity index (χ4v) is 6.68. The SMILES string of the molecule is COC(=O)C1=C2CCCN2C(C)=C(P2(=O)OCCCO2)C1c1ccccc1[N+](=O)[O-]. The van der Waals surface area contributed by atoms with Crippen molar-refractivity contribution < 1.29 is 28.1 Å². The van der Waals surface area contributed by atoms with Crippen molar-refractivity contribution in [1.29, 1.82) is 0 Å². The molecular weight excluding hydrogens is 411 g/mol. The molecule has 0 amide bonds. The molecule has 2 fully saturated rings. The molecule has 0 spiro atoms. The van der Waals surface area contributed by atoms with Crippen LogP contribution in [0.2, 0.25) is 0 Å². The number of carbonyl (C=O) groups is 1. The first-order valence-electron chi connectivity index (χ1n) is 9.81. The largest absolute Gasteiger partial charge is 0.466 e. The number of esters is 1. The number of fused-ring (bicyclic) bond motifs is 1. The number of hydrogen-bond donors (Lipinski definition) is 0.